The van der Waals surface area contributed by atoms with Gasteiger partial charge in [0, 0.05) is 25.7 Å². The summed E-state index contributed by atoms with van der Waals surface area (Å²) >= 11 is 0. The molecule has 0 radical (unpaired) electrons. The molecular weight excluding hydrogens is 1280 g/mol. The molecule has 0 aliphatic carbocycles. The Morgan fingerprint density at radius 1 is 0.296 bits per heavy atom. The van der Waals surface area contributed by atoms with Crippen LogP contribution in [0.5, 0.6) is 0 Å². The number of carbonyl (C=O) groups excluding carboxylic acids is 4. The van der Waals surface area contributed by atoms with E-state index in [1.807, 2.05) is 0 Å². The third-order valence-electron chi connectivity index (χ3n) is 18.7. The van der Waals surface area contributed by atoms with Crippen molar-refractivity contribution in [2.75, 3.05) is 39.6 Å². The molecule has 582 valence electrons. The monoisotopic (exact) mass is 1440 g/mol. The summed E-state index contributed by atoms with van der Waals surface area (Å²) in [7, 11) is -9.91. The lowest BCUT2D eigenvalue weighted by Crippen LogP contribution is -2.30. The normalized spacial score (nSPS) is 14.3. The first-order valence-corrected chi connectivity index (χ1v) is 43.9. The summed E-state index contributed by atoms with van der Waals surface area (Å²) in [5.41, 5.74) is 0. The zero-order valence-corrected chi connectivity index (χ0v) is 66.0. The van der Waals surface area contributed by atoms with Gasteiger partial charge in [0.15, 0.2) is 12.2 Å². The standard InChI is InChI=1S/C79H154O17P2/c1-8-10-11-12-13-29-39-46-53-60-76(81)89-66-74(96-79(84)63-56-49-42-35-28-27-32-38-45-52-59-72(7)9-2)68-93-97(85,86)91-64-73(80)65-92-98(87,88)94-69-75(67-90-77(82)61-54-47-40-33-26-22-24-31-37-44-51-58-71(5)6)95-78(83)62-55-48-41-34-25-21-19-17-15-14-16-18-20-23-30-36-43-50-57-70(3)4/h70-75,80H,8-69H2,1-7H3,(H,85,86)(H,87,88)/t72?,73-,74+,75+/m0/s1. The average molecular weight is 1440 g/mol. The first kappa shape index (κ1) is 96.1. The van der Waals surface area contributed by atoms with Gasteiger partial charge >= 0.3 is 39.5 Å². The van der Waals surface area contributed by atoms with Gasteiger partial charge in [-0.3, -0.25) is 37.3 Å². The van der Waals surface area contributed by atoms with Gasteiger partial charge in [0.1, 0.15) is 19.3 Å². The molecule has 0 aliphatic rings. The number of hydrogen-bond donors (Lipinski definition) is 3. The van der Waals surface area contributed by atoms with Crippen molar-refractivity contribution in [1.82, 2.24) is 0 Å². The lowest BCUT2D eigenvalue weighted by atomic mass is 9.99. The van der Waals surface area contributed by atoms with E-state index < -0.39 is 97.5 Å². The SMILES string of the molecule is CCCCCCCCCCCC(=O)OC[C@H](COP(=O)(O)OC[C@H](O)COP(=O)(O)OC[C@@H](COC(=O)CCCCCCCCCCCCCC(C)C)OC(=O)CCCCCCCCCCCCCCCCCCCCC(C)C)OC(=O)CCCCCCCCCCCCC(C)CC. The van der Waals surface area contributed by atoms with Crippen LogP contribution < -0.4 is 0 Å². The Bertz CT molecular complexity index is 1910. The lowest BCUT2D eigenvalue weighted by Gasteiger charge is -2.21. The first-order chi connectivity index (χ1) is 47.3. The summed E-state index contributed by atoms with van der Waals surface area (Å²) in [6.45, 7) is 12.0. The smallest absolute Gasteiger partial charge is 0.462 e. The highest BCUT2D eigenvalue weighted by atomic mass is 31.2. The van der Waals surface area contributed by atoms with Crippen LogP contribution in [-0.4, -0.2) is 96.7 Å². The number of unbranched alkanes of at least 4 members (excludes halogenated alkanes) is 44. The summed E-state index contributed by atoms with van der Waals surface area (Å²) in [5, 5.41) is 10.6. The number of ether oxygens (including phenoxy) is 4. The quantitative estimate of drug-likeness (QED) is 0.0222. The molecule has 98 heavy (non-hydrogen) atoms. The maximum atomic E-state index is 13.1. The van der Waals surface area contributed by atoms with Gasteiger partial charge in [-0.1, -0.05) is 357 Å². The van der Waals surface area contributed by atoms with E-state index >= 15 is 0 Å². The molecule has 0 heterocycles. The molecule has 0 saturated carbocycles. The Hall–Kier alpha value is -1.94. The average Bonchev–Trinajstić information content (AvgIpc) is 1.01. The minimum Gasteiger partial charge on any atom is -0.462 e. The number of phosphoric ester groups is 2. The minimum absolute atomic E-state index is 0.106. The van der Waals surface area contributed by atoms with E-state index in [1.165, 1.54) is 218 Å². The molecule has 3 unspecified atom stereocenters. The highest BCUT2D eigenvalue weighted by Gasteiger charge is 2.30. The molecule has 0 rings (SSSR count). The molecule has 6 atom stereocenters. The van der Waals surface area contributed by atoms with Gasteiger partial charge < -0.3 is 33.8 Å². The third kappa shape index (κ3) is 71.1. The van der Waals surface area contributed by atoms with E-state index in [0.29, 0.717) is 25.7 Å². The van der Waals surface area contributed by atoms with Crippen molar-refractivity contribution in [3.05, 3.63) is 0 Å². The highest BCUT2D eigenvalue weighted by molar-refractivity contribution is 7.47. The fourth-order valence-electron chi connectivity index (χ4n) is 12.1. The number of carbonyl (C=O) groups is 4. The van der Waals surface area contributed by atoms with Crippen molar-refractivity contribution < 1.29 is 80.2 Å². The number of esters is 4. The van der Waals surface area contributed by atoms with Crippen LogP contribution >= 0.6 is 15.6 Å². The number of phosphoric acid groups is 2. The van der Waals surface area contributed by atoms with Gasteiger partial charge in [-0.2, -0.15) is 0 Å². The molecule has 0 aromatic rings. The van der Waals surface area contributed by atoms with Gasteiger partial charge in [-0.05, 0) is 43.4 Å². The van der Waals surface area contributed by atoms with Gasteiger partial charge in [0.2, 0.25) is 0 Å². The number of rotatable bonds is 77. The second-order valence-electron chi connectivity index (χ2n) is 29.6. The predicted octanol–water partition coefficient (Wildman–Crippen LogP) is 23.4. The van der Waals surface area contributed by atoms with E-state index in [0.717, 1.165) is 108 Å². The van der Waals surface area contributed by atoms with Crippen LogP contribution in [0.4, 0.5) is 0 Å². The van der Waals surface area contributed by atoms with Gasteiger partial charge in [-0.15, -0.1) is 0 Å². The molecule has 19 heteroatoms. The van der Waals surface area contributed by atoms with Crippen LogP contribution in [-0.2, 0) is 65.4 Å². The summed E-state index contributed by atoms with van der Waals surface area (Å²) in [5.74, 6) is 0.280. The van der Waals surface area contributed by atoms with Crippen molar-refractivity contribution in [1.29, 1.82) is 0 Å². The summed E-state index contributed by atoms with van der Waals surface area (Å²) < 4.78 is 68.6. The summed E-state index contributed by atoms with van der Waals surface area (Å²) in [6, 6.07) is 0. The van der Waals surface area contributed by atoms with Gasteiger partial charge in [-0.25, -0.2) is 9.13 Å². The second-order valence-corrected chi connectivity index (χ2v) is 32.6. The maximum absolute atomic E-state index is 13.1. The second kappa shape index (κ2) is 69.4. The van der Waals surface area contributed by atoms with Crippen LogP contribution in [0.2, 0.25) is 0 Å². The van der Waals surface area contributed by atoms with Crippen LogP contribution in [0, 0.1) is 17.8 Å². The van der Waals surface area contributed by atoms with Crippen molar-refractivity contribution in [2.45, 2.75) is 426 Å². The van der Waals surface area contributed by atoms with Crippen LogP contribution in [0.25, 0.3) is 0 Å². The Balaban J connectivity index is 5.21. The highest BCUT2D eigenvalue weighted by Crippen LogP contribution is 2.45. The van der Waals surface area contributed by atoms with Crippen molar-refractivity contribution in [2.24, 2.45) is 17.8 Å². The molecule has 0 saturated heterocycles. The fraction of sp³-hybridized carbons (Fsp3) is 0.949. The molecule has 0 spiro atoms. The van der Waals surface area contributed by atoms with Gasteiger partial charge in [0.25, 0.3) is 0 Å². The third-order valence-corrected chi connectivity index (χ3v) is 20.6. The zero-order chi connectivity index (χ0) is 72.3. The lowest BCUT2D eigenvalue weighted by molar-refractivity contribution is -0.161. The van der Waals surface area contributed by atoms with E-state index in [9.17, 15) is 43.2 Å². The van der Waals surface area contributed by atoms with Crippen molar-refractivity contribution in [3.63, 3.8) is 0 Å². The summed E-state index contributed by atoms with van der Waals surface area (Å²) in [4.78, 5) is 72.9. The van der Waals surface area contributed by atoms with Crippen molar-refractivity contribution >= 4 is 39.5 Å². The van der Waals surface area contributed by atoms with Crippen LogP contribution in [0.15, 0.2) is 0 Å². The van der Waals surface area contributed by atoms with E-state index in [1.54, 1.807) is 0 Å². The van der Waals surface area contributed by atoms with Crippen LogP contribution in [0.3, 0.4) is 0 Å². The molecular formula is C79H154O17P2. The van der Waals surface area contributed by atoms with E-state index in [-0.39, 0.29) is 25.7 Å². The Kier molecular flexibility index (Phi) is 68.1. The van der Waals surface area contributed by atoms with E-state index in [2.05, 4.69) is 48.5 Å². The zero-order valence-electron chi connectivity index (χ0n) is 64.3. The van der Waals surface area contributed by atoms with E-state index in [4.69, 9.17) is 37.0 Å². The molecule has 0 fully saturated rings. The summed E-state index contributed by atoms with van der Waals surface area (Å²) in [6.07, 6.45) is 56.8. The number of aliphatic hydroxyl groups excluding tert-OH is 1. The molecule has 0 amide bonds. The fourth-order valence-corrected chi connectivity index (χ4v) is 13.7. The van der Waals surface area contributed by atoms with Crippen molar-refractivity contribution in [3.8, 4) is 0 Å². The molecule has 0 aliphatic heterocycles. The molecule has 3 N–H and O–H groups in total. The Morgan fingerprint density at radius 2 is 0.520 bits per heavy atom. The van der Waals surface area contributed by atoms with Crippen LogP contribution in [0.1, 0.15) is 408 Å². The number of aliphatic hydroxyl groups is 1. The van der Waals surface area contributed by atoms with Gasteiger partial charge in [0.05, 0.1) is 26.4 Å². The Labute approximate surface area is 600 Å². The molecule has 0 aromatic carbocycles. The maximum Gasteiger partial charge on any atom is 0.472 e. The Morgan fingerprint density at radius 3 is 0.776 bits per heavy atom. The largest absolute Gasteiger partial charge is 0.472 e. The first-order valence-electron chi connectivity index (χ1n) is 40.9. The molecule has 17 nitrogen and oxygen atoms in total. The predicted molar refractivity (Wildman–Crippen MR) is 400 cm³/mol. The minimum atomic E-state index is -4.96. The topological polar surface area (TPSA) is 237 Å². The number of hydrogen-bond acceptors (Lipinski definition) is 15. The molecule has 0 bridgehead atoms. The molecule has 0 aromatic heterocycles.